The highest BCUT2D eigenvalue weighted by molar-refractivity contribution is 9.10. The first-order valence-corrected chi connectivity index (χ1v) is 7.88. The Bertz CT molecular complexity index is 589. The number of furan rings is 1. The lowest BCUT2D eigenvalue weighted by atomic mass is 9.97. The number of rotatable bonds is 5. The molecule has 0 saturated carbocycles. The van der Waals surface area contributed by atoms with E-state index < -0.39 is 0 Å². The monoisotopic (exact) mass is 335 g/mol. The van der Waals surface area contributed by atoms with Crippen molar-refractivity contribution in [2.24, 2.45) is 0 Å². The van der Waals surface area contributed by atoms with Gasteiger partial charge in [0, 0.05) is 10.0 Å². The highest BCUT2D eigenvalue weighted by Crippen LogP contribution is 2.29. The molecule has 2 nitrogen and oxygen atoms in total. The van der Waals surface area contributed by atoms with E-state index in [4.69, 9.17) is 4.42 Å². The summed E-state index contributed by atoms with van der Waals surface area (Å²) in [5, 5.41) is 3.63. The Morgan fingerprint density at radius 3 is 2.50 bits per heavy atom. The van der Waals surface area contributed by atoms with E-state index in [2.05, 4.69) is 59.4 Å². The number of aryl methyl sites for hydroxylation is 3. The molecule has 2 aromatic rings. The summed E-state index contributed by atoms with van der Waals surface area (Å²) >= 11 is 3.57. The zero-order valence-electron chi connectivity index (χ0n) is 12.6. The van der Waals surface area contributed by atoms with Crippen molar-refractivity contribution in [1.82, 2.24) is 5.32 Å². The summed E-state index contributed by atoms with van der Waals surface area (Å²) in [6.45, 7) is 9.33. The molecule has 0 aliphatic rings. The molecule has 1 aromatic carbocycles. The summed E-state index contributed by atoms with van der Waals surface area (Å²) in [7, 11) is 0. The minimum atomic E-state index is 0.194. The lowest BCUT2D eigenvalue weighted by Crippen LogP contribution is -2.23. The Hall–Kier alpha value is -1.06. The van der Waals surface area contributed by atoms with Gasteiger partial charge in [-0.1, -0.05) is 35.0 Å². The third-order valence-corrected chi connectivity index (χ3v) is 4.39. The number of halogens is 1. The van der Waals surface area contributed by atoms with E-state index in [0.717, 1.165) is 29.0 Å². The Labute approximate surface area is 129 Å². The third kappa shape index (κ3) is 3.33. The Kier molecular flexibility index (Phi) is 5.06. The molecule has 20 heavy (non-hydrogen) atoms. The van der Waals surface area contributed by atoms with Gasteiger partial charge in [-0.15, -0.1) is 0 Å². The molecule has 1 N–H and O–H groups in total. The van der Waals surface area contributed by atoms with E-state index in [9.17, 15) is 0 Å². The van der Waals surface area contributed by atoms with Crippen LogP contribution in [0.3, 0.4) is 0 Å². The average Bonchev–Trinajstić information content (AvgIpc) is 2.73. The van der Waals surface area contributed by atoms with Crippen LogP contribution in [0, 0.1) is 20.8 Å². The smallest absolute Gasteiger partial charge is 0.106 e. The molecule has 0 aliphatic carbocycles. The zero-order valence-corrected chi connectivity index (χ0v) is 14.2. The van der Waals surface area contributed by atoms with Crippen molar-refractivity contribution in [2.75, 3.05) is 6.54 Å². The molecule has 1 aromatic heterocycles. The van der Waals surface area contributed by atoms with Gasteiger partial charge in [-0.3, -0.25) is 0 Å². The quantitative estimate of drug-likeness (QED) is 0.826. The zero-order chi connectivity index (χ0) is 14.7. The Morgan fingerprint density at radius 2 is 1.95 bits per heavy atom. The minimum absolute atomic E-state index is 0.194. The molecular weight excluding hydrogens is 314 g/mol. The van der Waals surface area contributed by atoms with Crippen LogP contribution in [-0.4, -0.2) is 6.54 Å². The standard InChI is InChI=1S/C17H22BrNO/c1-5-8-19-17(15-10-12(3)20-13(15)4)14-6-7-16(18)11(2)9-14/h6-7,9-10,17,19H,5,8H2,1-4H3. The molecule has 108 valence electrons. The summed E-state index contributed by atoms with van der Waals surface area (Å²) in [6, 6.07) is 8.86. The third-order valence-electron chi connectivity index (χ3n) is 3.50. The van der Waals surface area contributed by atoms with Crippen LogP contribution in [0.4, 0.5) is 0 Å². The van der Waals surface area contributed by atoms with Gasteiger partial charge in [0.15, 0.2) is 0 Å². The molecule has 0 amide bonds. The first-order chi connectivity index (χ1) is 9.52. The van der Waals surface area contributed by atoms with Gasteiger partial charge in [-0.25, -0.2) is 0 Å². The van der Waals surface area contributed by atoms with Crippen LogP contribution >= 0.6 is 15.9 Å². The Balaban J connectivity index is 2.41. The first-order valence-electron chi connectivity index (χ1n) is 7.09. The second-order valence-corrected chi connectivity index (χ2v) is 6.12. The summed E-state index contributed by atoms with van der Waals surface area (Å²) in [4.78, 5) is 0. The van der Waals surface area contributed by atoms with Crippen LogP contribution in [0.2, 0.25) is 0 Å². The minimum Gasteiger partial charge on any atom is -0.466 e. The molecule has 3 heteroatoms. The maximum Gasteiger partial charge on any atom is 0.106 e. The first kappa shape index (κ1) is 15.3. The van der Waals surface area contributed by atoms with Crippen LogP contribution in [0.5, 0.6) is 0 Å². The molecular formula is C17H22BrNO. The maximum absolute atomic E-state index is 5.70. The summed E-state index contributed by atoms with van der Waals surface area (Å²) < 4.78 is 6.85. The van der Waals surface area contributed by atoms with Gasteiger partial charge in [-0.2, -0.15) is 0 Å². The molecule has 1 unspecified atom stereocenters. The van der Waals surface area contributed by atoms with Gasteiger partial charge in [0.2, 0.25) is 0 Å². The van der Waals surface area contributed by atoms with Crippen LogP contribution in [0.25, 0.3) is 0 Å². The fraction of sp³-hybridized carbons (Fsp3) is 0.412. The van der Waals surface area contributed by atoms with E-state index in [1.54, 1.807) is 0 Å². The summed E-state index contributed by atoms with van der Waals surface area (Å²) in [5.74, 6) is 1.96. The van der Waals surface area contributed by atoms with E-state index in [1.165, 1.54) is 16.7 Å². The van der Waals surface area contributed by atoms with Gasteiger partial charge in [-0.05, 0) is 57.0 Å². The van der Waals surface area contributed by atoms with Gasteiger partial charge in [0.05, 0.1) is 6.04 Å². The number of nitrogens with one attached hydrogen (secondary N) is 1. The van der Waals surface area contributed by atoms with Crippen LogP contribution in [0.15, 0.2) is 33.2 Å². The molecule has 1 atom stereocenters. The molecule has 0 saturated heterocycles. The van der Waals surface area contributed by atoms with Crippen molar-refractivity contribution in [3.8, 4) is 0 Å². The van der Waals surface area contributed by atoms with Crippen molar-refractivity contribution in [3.05, 3.63) is 56.9 Å². The second kappa shape index (κ2) is 6.59. The lowest BCUT2D eigenvalue weighted by molar-refractivity contribution is 0.493. The van der Waals surface area contributed by atoms with Crippen molar-refractivity contribution < 1.29 is 4.42 Å². The molecule has 0 spiro atoms. The summed E-state index contributed by atoms with van der Waals surface area (Å²) in [6.07, 6.45) is 1.11. The van der Waals surface area contributed by atoms with Crippen LogP contribution in [0.1, 0.15) is 47.6 Å². The lowest BCUT2D eigenvalue weighted by Gasteiger charge is -2.19. The summed E-state index contributed by atoms with van der Waals surface area (Å²) in [5.41, 5.74) is 3.77. The average molecular weight is 336 g/mol. The topological polar surface area (TPSA) is 25.2 Å². The molecule has 0 bridgehead atoms. The van der Waals surface area contributed by atoms with Gasteiger partial charge in [0.25, 0.3) is 0 Å². The van der Waals surface area contributed by atoms with Crippen molar-refractivity contribution >= 4 is 15.9 Å². The molecule has 2 rings (SSSR count). The van der Waals surface area contributed by atoms with Crippen molar-refractivity contribution in [3.63, 3.8) is 0 Å². The van der Waals surface area contributed by atoms with E-state index in [0.29, 0.717) is 0 Å². The number of hydrogen-bond donors (Lipinski definition) is 1. The molecule has 0 radical (unpaired) electrons. The predicted molar refractivity (Wildman–Crippen MR) is 87.2 cm³/mol. The van der Waals surface area contributed by atoms with Gasteiger partial charge in [0.1, 0.15) is 11.5 Å². The molecule has 0 aliphatic heterocycles. The fourth-order valence-corrected chi connectivity index (χ4v) is 2.73. The van der Waals surface area contributed by atoms with E-state index in [-0.39, 0.29) is 6.04 Å². The van der Waals surface area contributed by atoms with Gasteiger partial charge >= 0.3 is 0 Å². The highest BCUT2D eigenvalue weighted by Gasteiger charge is 2.19. The Morgan fingerprint density at radius 1 is 1.20 bits per heavy atom. The maximum atomic E-state index is 5.70. The van der Waals surface area contributed by atoms with E-state index in [1.807, 2.05) is 13.8 Å². The van der Waals surface area contributed by atoms with Crippen LogP contribution in [-0.2, 0) is 0 Å². The van der Waals surface area contributed by atoms with Gasteiger partial charge < -0.3 is 9.73 Å². The van der Waals surface area contributed by atoms with Crippen molar-refractivity contribution in [2.45, 2.75) is 40.2 Å². The highest BCUT2D eigenvalue weighted by atomic mass is 79.9. The fourth-order valence-electron chi connectivity index (χ4n) is 2.48. The largest absolute Gasteiger partial charge is 0.466 e. The SMILES string of the molecule is CCCNC(c1ccc(Br)c(C)c1)c1cc(C)oc1C. The predicted octanol–water partition coefficient (Wildman–Crippen LogP) is 5.06. The van der Waals surface area contributed by atoms with Crippen LogP contribution < -0.4 is 5.32 Å². The molecule has 0 fully saturated rings. The molecule has 1 heterocycles. The number of benzene rings is 1. The number of hydrogen-bond acceptors (Lipinski definition) is 2. The van der Waals surface area contributed by atoms with E-state index >= 15 is 0 Å². The van der Waals surface area contributed by atoms with Crippen molar-refractivity contribution in [1.29, 1.82) is 0 Å². The second-order valence-electron chi connectivity index (χ2n) is 5.26. The normalized spacial score (nSPS) is 12.7.